The fourth-order valence-corrected chi connectivity index (χ4v) is 2.20. The maximum Gasteiger partial charge on any atom is 0.132 e. The number of hydrogen-bond donors (Lipinski definition) is 2. The van der Waals surface area contributed by atoms with Crippen LogP contribution in [0.5, 0.6) is 11.5 Å². The van der Waals surface area contributed by atoms with Gasteiger partial charge >= 0.3 is 0 Å². The normalized spacial score (nSPS) is 10.2. The van der Waals surface area contributed by atoms with Crippen molar-refractivity contribution in [2.45, 2.75) is 13.5 Å². The SMILES string of the molecule is COc1cc(C)nc(COc2cccc(Cl)c2C(=N)N)c1. The summed E-state index contributed by atoms with van der Waals surface area (Å²) in [6, 6.07) is 8.76. The predicted molar refractivity (Wildman–Crippen MR) is 82.3 cm³/mol. The van der Waals surface area contributed by atoms with Crippen LogP contribution in [-0.4, -0.2) is 17.9 Å². The lowest BCUT2D eigenvalue weighted by Crippen LogP contribution is -2.14. The van der Waals surface area contributed by atoms with Gasteiger partial charge in [-0.1, -0.05) is 17.7 Å². The maximum atomic E-state index is 7.58. The minimum atomic E-state index is -0.134. The molecule has 0 saturated carbocycles. The highest BCUT2D eigenvalue weighted by molar-refractivity contribution is 6.34. The molecule has 0 radical (unpaired) electrons. The number of nitrogens with zero attached hydrogens (tertiary/aromatic N) is 1. The smallest absolute Gasteiger partial charge is 0.132 e. The van der Waals surface area contributed by atoms with E-state index in [0.717, 1.165) is 17.1 Å². The molecule has 2 aromatic rings. The number of pyridine rings is 1. The first-order chi connectivity index (χ1) is 10.0. The van der Waals surface area contributed by atoms with Crippen LogP contribution in [0.2, 0.25) is 5.02 Å². The molecule has 0 bridgehead atoms. The van der Waals surface area contributed by atoms with E-state index >= 15 is 0 Å². The number of ether oxygens (including phenoxy) is 2. The molecule has 0 spiro atoms. The molecule has 0 aliphatic rings. The first kappa shape index (κ1) is 15.1. The van der Waals surface area contributed by atoms with Crippen LogP contribution in [0.25, 0.3) is 0 Å². The van der Waals surface area contributed by atoms with Gasteiger partial charge in [-0.15, -0.1) is 0 Å². The van der Waals surface area contributed by atoms with Crippen molar-refractivity contribution in [3.8, 4) is 11.5 Å². The summed E-state index contributed by atoms with van der Waals surface area (Å²) in [5.74, 6) is 1.04. The van der Waals surface area contributed by atoms with Gasteiger partial charge in [-0.2, -0.15) is 0 Å². The van der Waals surface area contributed by atoms with Crippen LogP contribution >= 0.6 is 11.6 Å². The second-order valence-corrected chi connectivity index (χ2v) is 4.86. The van der Waals surface area contributed by atoms with E-state index in [-0.39, 0.29) is 12.4 Å². The van der Waals surface area contributed by atoms with Crippen LogP contribution < -0.4 is 15.2 Å². The number of hydrogen-bond acceptors (Lipinski definition) is 4. The van der Waals surface area contributed by atoms with E-state index in [2.05, 4.69) is 4.98 Å². The molecule has 21 heavy (non-hydrogen) atoms. The molecular weight excluding hydrogens is 290 g/mol. The highest BCUT2D eigenvalue weighted by Crippen LogP contribution is 2.26. The first-order valence-corrected chi connectivity index (χ1v) is 6.66. The van der Waals surface area contributed by atoms with Crippen LogP contribution in [0, 0.1) is 12.3 Å². The van der Waals surface area contributed by atoms with E-state index in [1.807, 2.05) is 13.0 Å². The number of aryl methyl sites for hydroxylation is 1. The summed E-state index contributed by atoms with van der Waals surface area (Å²) in [4.78, 5) is 4.37. The van der Waals surface area contributed by atoms with Crippen LogP contribution in [0.4, 0.5) is 0 Å². The molecule has 1 aromatic heterocycles. The summed E-state index contributed by atoms with van der Waals surface area (Å²) < 4.78 is 10.9. The van der Waals surface area contributed by atoms with E-state index in [9.17, 15) is 0 Å². The molecule has 5 nitrogen and oxygen atoms in total. The van der Waals surface area contributed by atoms with E-state index in [4.69, 9.17) is 32.2 Å². The van der Waals surface area contributed by atoms with Gasteiger partial charge in [0.05, 0.1) is 23.4 Å². The quantitative estimate of drug-likeness (QED) is 0.657. The van der Waals surface area contributed by atoms with E-state index in [1.165, 1.54) is 0 Å². The zero-order valence-electron chi connectivity index (χ0n) is 11.8. The van der Waals surface area contributed by atoms with Crippen LogP contribution in [0.1, 0.15) is 17.0 Å². The van der Waals surface area contributed by atoms with Crippen molar-refractivity contribution in [2.75, 3.05) is 7.11 Å². The molecule has 3 N–H and O–H groups in total. The van der Waals surface area contributed by atoms with Gasteiger partial charge in [0.2, 0.25) is 0 Å². The first-order valence-electron chi connectivity index (χ1n) is 6.28. The molecule has 1 aromatic carbocycles. The molecule has 0 saturated heterocycles. The number of halogens is 1. The van der Waals surface area contributed by atoms with Gasteiger partial charge < -0.3 is 15.2 Å². The van der Waals surface area contributed by atoms with Gasteiger partial charge in [0.15, 0.2) is 0 Å². The van der Waals surface area contributed by atoms with Gasteiger partial charge in [0.1, 0.15) is 23.9 Å². The zero-order valence-corrected chi connectivity index (χ0v) is 12.6. The third-order valence-electron chi connectivity index (χ3n) is 2.84. The van der Waals surface area contributed by atoms with Crippen molar-refractivity contribution in [3.63, 3.8) is 0 Å². The van der Waals surface area contributed by atoms with Crippen molar-refractivity contribution in [3.05, 3.63) is 52.3 Å². The fourth-order valence-electron chi connectivity index (χ4n) is 1.93. The van der Waals surface area contributed by atoms with Crippen LogP contribution in [-0.2, 0) is 6.61 Å². The average molecular weight is 306 g/mol. The number of aromatic nitrogens is 1. The van der Waals surface area contributed by atoms with Crippen LogP contribution in [0.3, 0.4) is 0 Å². The zero-order chi connectivity index (χ0) is 15.4. The summed E-state index contributed by atoms with van der Waals surface area (Å²) in [6.07, 6.45) is 0. The highest BCUT2D eigenvalue weighted by atomic mass is 35.5. The molecule has 0 amide bonds. The highest BCUT2D eigenvalue weighted by Gasteiger charge is 2.11. The Kier molecular flexibility index (Phi) is 4.65. The van der Waals surface area contributed by atoms with Gasteiger partial charge in [-0.25, -0.2) is 0 Å². The molecule has 110 valence electrons. The molecule has 0 unspecified atom stereocenters. The lowest BCUT2D eigenvalue weighted by Gasteiger charge is -2.12. The topological polar surface area (TPSA) is 81.2 Å². The molecule has 0 fully saturated rings. The Morgan fingerprint density at radius 1 is 1.38 bits per heavy atom. The van der Waals surface area contributed by atoms with Crippen molar-refractivity contribution in [1.29, 1.82) is 5.41 Å². The van der Waals surface area contributed by atoms with E-state index < -0.39 is 0 Å². The van der Waals surface area contributed by atoms with E-state index in [1.54, 1.807) is 31.4 Å². The third kappa shape index (κ3) is 3.64. The fraction of sp³-hybridized carbons (Fsp3) is 0.200. The van der Waals surface area contributed by atoms with Crippen molar-refractivity contribution in [2.24, 2.45) is 5.73 Å². The molecule has 1 heterocycles. The molecule has 6 heteroatoms. The van der Waals surface area contributed by atoms with Crippen molar-refractivity contribution < 1.29 is 9.47 Å². The maximum absolute atomic E-state index is 7.58. The Balaban J connectivity index is 2.23. The second kappa shape index (κ2) is 6.45. The van der Waals surface area contributed by atoms with Gasteiger partial charge in [0, 0.05) is 17.8 Å². The molecule has 2 rings (SSSR count). The largest absolute Gasteiger partial charge is 0.497 e. The number of benzene rings is 1. The summed E-state index contributed by atoms with van der Waals surface area (Å²) in [7, 11) is 1.60. The molecule has 0 atom stereocenters. The Morgan fingerprint density at radius 3 is 2.81 bits per heavy atom. The predicted octanol–water partition coefficient (Wildman–Crippen LogP) is 2.92. The Bertz CT molecular complexity index is 674. The third-order valence-corrected chi connectivity index (χ3v) is 3.15. The van der Waals surface area contributed by atoms with E-state index in [0.29, 0.717) is 16.3 Å². The summed E-state index contributed by atoms with van der Waals surface area (Å²) in [6.45, 7) is 2.12. The molecular formula is C15H16ClN3O2. The van der Waals surface area contributed by atoms with Gasteiger partial charge in [-0.3, -0.25) is 10.4 Å². The summed E-state index contributed by atoms with van der Waals surface area (Å²) >= 11 is 6.04. The lowest BCUT2D eigenvalue weighted by atomic mass is 10.2. The van der Waals surface area contributed by atoms with Gasteiger partial charge in [0.25, 0.3) is 0 Å². The standard InChI is InChI=1S/C15H16ClN3O2/c1-9-6-11(20-2)7-10(19-9)8-21-13-5-3-4-12(16)14(13)15(17)18/h3-7H,8H2,1-2H3,(H3,17,18). The number of nitrogens with two attached hydrogens (primary N) is 1. The minimum Gasteiger partial charge on any atom is -0.497 e. The monoisotopic (exact) mass is 305 g/mol. The van der Waals surface area contributed by atoms with Crippen LogP contribution in [0.15, 0.2) is 30.3 Å². The van der Waals surface area contributed by atoms with Gasteiger partial charge in [-0.05, 0) is 19.1 Å². The molecule has 0 aliphatic heterocycles. The number of methoxy groups -OCH3 is 1. The number of amidine groups is 1. The Hall–Kier alpha value is -2.27. The van der Waals surface area contributed by atoms with Crippen molar-refractivity contribution in [1.82, 2.24) is 4.98 Å². The number of rotatable bonds is 5. The summed E-state index contributed by atoms with van der Waals surface area (Å²) in [5.41, 5.74) is 7.49. The minimum absolute atomic E-state index is 0.134. The number of nitrogens with one attached hydrogen (secondary N) is 1. The molecule has 0 aliphatic carbocycles. The summed E-state index contributed by atoms with van der Waals surface area (Å²) in [5, 5.41) is 7.96. The van der Waals surface area contributed by atoms with Crippen molar-refractivity contribution >= 4 is 17.4 Å². The lowest BCUT2D eigenvalue weighted by molar-refractivity contribution is 0.299. The second-order valence-electron chi connectivity index (χ2n) is 4.46. The number of nitrogen functional groups attached to an aromatic ring is 1. The average Bonchev–Trinajstić information content (AvgIpc) is 2.44. The Morgan fingerprint density at radius 2 is 2.14 bits per heavy atom. The Labute approximate surface area is 128 Å².